The van der Waals surface area contributed by atoms with Gasteiger partial charge in [-0.1, -0.05) is 12.1 Å². The first-order valence-electron chi connectivity index (χ1n) is 6.82. The van der Waals surface area contributed by atoms with Crippen molar-refractivity contribution in [3.05, 3.63) is 35.4 Å². The number of ether oxygens (including phenoxy) is 2. The number of anilines is 1. The molecule has 1 rings (SSSR count). The summed E-state index contributed by atoms with van der Waals surface area (Å²) >= 11 is 0. The Kier molecular flexibility index (Phi) is 6.46. The minimum Gasteiger partial charge on any atom is -0.462 e. The molecule has 0 bridgehead atoms. The van der Waals surface area contributed by atoms with Gasteiger partial charge in [0.05, 0.1) is 13.2 Å². The fraction of sp³-hybridized carbons (Fsp3) is 0.375. The van der Waals surface area contributed by atoms with Crippen LogP contribution in [0, 0.1) is 0 Å². The third kappa shape index (κ3) is 4.95. The van der Waals surface area contributed by atoms with Crippen LogP contribution in [0.4, 0.5) is 5.69 Å². The highest BCUT2D eigenvalue weighted by molar-refractivity contribution is 6.17. The van der Waals surface area contributed by atoms with Crippen LogP contribution < -0.4 is 4.90 Å². The van der Waals surface area contributed by atoms with E-state index in [9.17, 15) is 9.59 Å². The van der Waals surface area contributed by atoms with Gasteiger partial charge >= 0.3 is 11.9 Å². The standard InChI is InChI=1S/C16H21NO4/c1-5-20-15(18)14(16(19)21-6-2)11-12-7-9-13(10-8-12)17(3)4/h7-11H,5-6H2,1-4H3. The van der Waals surface area contributed by atoms with Crippen LogP contribution in [0.25, 0.3) is 6.08 Å². The third-order valence-electron chi connectivity index (χ3n) is 2.71. The summed E-state index contributed by atoms with van der Waals surface area (Å²) < 4.78 is 9.78. The van der Waals surface area contributed by atoms with Crippen LogP contribution in [0.2, 0.25) is 0 Å². The van der Waals surface area contributed by atoms with Crippen molar-refractivity contribution in [2.75, 3.05) is 32.2 Å². The Hall–Kier alpha value is -2.30. The van der Waals surface area contributed by atoms with E-state index in [4.69, 9.17) is 9.47 Å². The Balaban J connectivity index is 3.06. The summed E-state index contributed by atoms with van der Waals surface area (Å²) in [4.78, 5) is 25.6. The molecular weight excluding hydrogens is 270 g/mol. The Bertz CT molecular complexity index is 498. The quantitative estimate of drug-likeness (QED) is 0.348. The van der Waals surface area contributed by atoms with Gasteiger partial charge in [-0.15, -0.1) is 0 Å². The molecule has 0 spiro atoms. The number of esters is 2. The molecule has 0 amide bonds. The van der Waals surface area contributed by atoms with E-state index in [1.165, 1.54) is 6.08 Å². The average Bonchev–Trinajstić information content (AvgIpc) is 2.45. The van der Waals surface area contributed by atoms with Crippen molar-refractivity contribution in [1.29, 1.82) is 0 Å². The Morgan fingerprint density at radius 1 is 1.00 bits per heavy atom. The topological polar surface area (TPSA) is 55.8 Å². The molecule has 5 nitrogen and oxygen atoms in total. The molecule has 0 saturated carbocycles. The summed E-state index contributed by atoms with van der Waals surface area (Å²) in [6, 6.07) is 7.46. The fourth-order valence-electron chi connectivity index (χ4n) is 1.65. The number of carbonyl (C=O) groups excluding carboxylic acids is 2. The first-order chi connectivity index (χ1) is 9.99. The van der Waals surface area contributed by atoms with Crippen LogP contribution in [0.5, 0.6) is 0 Å². The van der Waals surface area contributed by atoms with Gasteiger partial charge in [-0.05, 0) is 37.6 Å². The van der Waals surface area contributed by atoms with E-state index in [0.29, 0.717) is 0 Å². The molecule has 1 aromatic carbocycles. The highest BCUT2D eigenvalue weighted by Gasteiger charge is 2.20. The number of rotatable bonds is 6. The van der Waals surface area contributed by atoms with Crippen molar-refractivity contribution in [1.82, 2.24) is 0 Å². The van der Waals surface area contributed by atoms with Gasteiger partial charge in [-0.2, -0.15) is 0 Å². The normalized spacial score (nSPS) is 9.71. The van der Waals surface area contributed by atoms with Gasteiger partial charge in [0, 0.05) is 19.8 Å². The molecule has 0 aliphatic heterocycles. The zero-order chi connectivity index (χ0) is 15.8. The summed E-state index contributed by atoms with van der Waals surface area (Å²) in [6.07, 6.45) is 1.48. The number of hydrogen-bond donors (Lipinski definition) is 0. The summed E-state index contributed by atoms with van der Waals surface area (Å²) in [5, 5.41) is 0. The molecule has 0 saturated heterocycles. The average molecular weight is 291 g/mol. The van der Waals surface area contributed by atoms with Crippen LogP contribution in [0.15, 0.2) is 29.8 Å². The molecule has 0 aliphatic carbocycles. The highest BCUT2D eigenvalue weighted by Crippen LogP contribution is 2.16. The summed E-state index contributed by atoms with van der Waals surface area (Å²) in [6.45, 7) is 3.78. The minimum absolute atomic E-state index is 0.101. The number of benzene rings is 1. The molecule has 5 heteroatoms. The third-order valence-corrected chi connectivity index (χ3v) is 2.71. The Morgan fingerprint density at radius 3 is 1.86 bits per heavy atom. The van der Waals surface area contributed by atoms with Crippen molar-refractivity contribution in [2.45, 2.75) is 13.8 Å². The van der Waals surface area contributed by atoms with E-state index in [1.807, 2.05) is 43.3 Å². The molecule has 0 N–H and O–H groups in total. The molecule has 0 unspecified atom stereocenters. The largest absolute Gasteiger partial charge is 0.462 e. The lowest BCUT2D eigenvalue weighted by Crippen LogP contribution is -2.18. The maximum atomic E-state index is 11.8. The first-order valence-corrected chi connectivity index (χ1v) is 6.82. The smallest absolute Gasteiger partial charge is 0.345 e. The summed E-state index contributed by atoms with van der Waals surface area (Å²) in [5.41, 5.74) is 1.66. The number of hydrogen-bond acceptors (Lipinski definition) is 5. The molecule has 0 fully saturated rings. The maximum absolute atomic E-state index is 11.8. The summed E-state index contributed by atoms with van der Waals surface area (Å²) in [7, 11) is 3.88. The molecule has 0 aliphatic rings. The van der Waals surface area contributed by atoms with Gasteiger partial charge in [0.15, 0.2) is 0 Å². The lowest BCUT2D eigenvalue weighted by molar-refractivity contribution is -0.146. The first kappa shape index (κ1) is 16.8. The molecule has 0 heterocycles. The molecule has 114 valence electrons. The second-order valence-electron chi connectivity index (χ2n) is 4.48. The van der Waals surface area contributed by atoms with Crippen molar-refractivity contribution in [2.24, 2.45) is 0 Å². The van der Waals surface area contributed by atoms with Gasteiger partial charge in [-0.3, -0.25) is 0 Å². The molecular formula is C16H21NO4. The monoisotopic (exact) mass is 291 g/mol. The van der Waals surface area contributed by atoms with Crippen LogP contribution in [0.3, 0.4) is 0 Å². The lowest BCUT2D eigenvalue weighted by Gasteiger charge is -2.12. The minimum atomic E-state index is -0.673. The van der Waals surface area contributed by atoms with Crippen molar-refractivity contribution < 1.29 is 19.1 Å². The van der Waals surface area contributed by atoms with Gasteiger partial charge in [-0.25, -0.2) is 9.59 Å². The van der Waals surface area contributed by atoms with E-state index in [-0.39, 0.29) is 18.8 Å². The van der Waals surface area contributed by atoms with E-state index in [2.05, 4.69) is 0 Å². The molecule has 0 atom stereocenters. The van der Waals surface area contributed by atoms with Crippen LogP contribution in [-0.4, -0.2) is 39.2 Å². The van der Waals surface area contributed by atoms with Crippen molar-refractivity contribution >= 4 is 23.7 Å². The van der Waals surface area contributed by atoms with E-state index in [0.717, 1.165) is 11.3 Å². The van der Waals surface area contributed by atoms with E-state index < -0.39 is 11.9 Å². The predicted molar refractivity (Wildman–Crippen MR) is 82.0 cm³/mol. The molecule has 21 heavy (non-hydrogen) atoms. The Labute approximate surface area is 125 Å². The van der Waals surface area contributed by atoms with Crippen LogP contribution in [0.1, 0.15) is 19.4 Å². The maximum Gasteiger partial charge on any atom is 0.345 e. The van der Waals surface area contributed by atoms with Crippen LogP contribution >= 0.6 is 0 Å². The fourth-order valence-corrected chi connectivity index (χ4v) is 1.65. The highest BCUT2D eigenvalue weighted by atomic mass is 16.6. The summed E-state index contributed by atoms with van der Waals surface area (Å²) in [5.74, 6) is -1.35. The zero-order valence-electron chi connectivity index (χ0n) is 12.9. The van der Waals surface area contributed by atoms with Gasteiger partial charge in [0.25, 0.3) is 0 Å². The second kappa shape index (κ2) is 8.09. The SMILES string of the molecule is CCOC(=O)C(=Cc1ccc(N(C)C)cc1)C(=O)OCC. The lowest BCUT2D eigenvalue weighted by atomic mass is 10.1. The number of carbonyl (C=O) groups is 2. The van der Waals surface area contributed by atoms with Crippen molar-refractivity contribution in [3.8, 4) is 0 Å². The predicted octanol–water partition coefficient (Wildman–Crippen LogP) is 2.26. The second-order valence-corrected chi connectivity index (χ2v) is 4.48. The number of nitrogens with zero attached hydrogens (tertiary/aromatic N) is 1. The van der Waals surface area contributed by atoms with Gasteiger partial charge in [0.2, 0.25) is 0 Å². The van der Waals surface area contributed by atoms with E-state index >= 15 is 0 Å². The molecule has 1 aromatic rings. The Morgan fingerprint density at radius 2 is 1.48 bits per heavy atom. The van der Waals surface area contributed by atoms with Gasteiger partial charge < -0.3 is 14.4 Å². The van der Waals surface area contributed by atoms with Gasteiger partial charge in [0.1, 0.15) is 5.57 Å². The molecule has 0 aromatic heterocycles. The van der Waals surface area contributed by atoms with E-state index in [1.54, 1.807) is 13.8 Å². The molecule has 0 radical (unpaired) electrons. The van der Waals surface area contributed by atoms with Crippen LogP contribution in [-0.2, 0) is 19.1 Å². The van der Waals surface area contributed by atoms with Crippen molar-refractivity contribution in [3.63, 3.8) is 0 Å². The zero-order valence-corrected chi connectivity index (χ0v) is 12.9.